The third-order valence-corrected chi connectivity index (χ3v) is 5.25. The predicted octanol–water partition coefficient (Wildman–Crippen LogP) is 2.30. The standard InChI is InChI=1S/C22H26N2O6/c1-3-29-16-10-8-15(9-11-16)23-20(26)14(2)30-19(25)12-13-24-21(27)17-6-4-5-7-18(17)22(24)28/h4-5,8-11,14,17-18H,3,6-7,12-13H2,1-2H3,(H,23,26)/t14-,17-,18+/m1/s1. The number of esters is 1. The van der Waals surface area contributed by atoms with Gasteiger partial charge in [-0.1, -0.05) is 12.2 Å². The molecule has 1 fully saturated rings. The van der Waals surface area contributed by atoms with Gasteiger partial charge in [-0.25, -0.2) is 0 Å². The highest BCUT2D eigenvalue weighted by Crippen LogP contribution is 2.35. The lowest BCUT2D eigenvalue weighted by Gasteiger charge is -2.16. The molecule has 0 unspecified atom stereocenters. The van der Waals surface area contributed by atoms with Crippen LogP contribution in [0, 0.1) is 11.8 Å². The number of hydrogen-bond donors (Lipinski definition) is 1. The maximum absolute atomic E-state index is 12.4. The summed E-state index contributed by atoms with van der Waals surface area (Å²) in [5, 5.41) is 2.66. The quantitative estimate of drug-likeness (QED) is 0.398. The average molecular weight is 414 g/mol. The first kappa shape index (κ1) is 21.5. The Hall–Kier alpha value is -3.16. The van der Waals surface area contributed by atoms with Crippen molar-refractivity contribution in [1.29, 1.82) is 0 Å². The summed E-state index contributed by atoms with van der Waals surface area (Å²) >= 11 is 0. The number of fused-ring (bicyclic) bond motifs is 1. The van der Waals surface area contributed by atoms with E-state index in [1.54, 1.807) is 24.3 Å². The highest BCUT2D eigenvalue weighted by molar-refractivity contribution is 6.05. The number of hydrogen-bond acceptors (Lipinski definition) is 6. The summed E-state index contributed by atoms with van der Waals surface area (Å²) in [6.45, 7) is 3.86. The molecule has 0 saturated carbocycles. The predicted molar refractivity (Wildman–Crippen MR) is 108 cm³/mol. The number of nitrogens with one attached hydrogen (secondary N) is 1. The van der Waals surface area contributed by atoms with Crippen molar-refractivity contribution in [3.05, 3.63) is 36.4 Å². The molecule has 3 amide bonds. The fourth-order valence-corrected chi connectivity index (χ4v) is 3.65. The number of amides is 3. The van der Waals surface area contributed by atoms with Crippen LogP contribution in [0.1, 0.15) is 33.1 Å². The monoisotopic (exact) mass is 414 g/mol. The van der Waals surface area contributed by atoms with Gasteiger partial charge in [0.25, 0.3) is 5.91 Å². The van der Waals surface area contributed by atoms with E-state index < -0.39 is 18.0 Å². The number of ether oxygens (including phenoxy) is 2. The summed E-state index contributed by atoms with van der Waals surface area (Å²) in [6.07, 6.45) is 3.77. The van der Waals surface area contributed by atoms with Crippen molar-refractivity contribution in [2.24, 2.45) is 11.8 Å². The van der Waals surface area contributed by atoms with Crippen LogP contribution in [0.4, 0.5) is 5.69 Å². The lowest BCUT2D eigenvalue weighted by atomic mass is 9.85. The number of imide groups is 1. The van der Waals surface area contributed by atoms with E-state index in [9.17, 15) is 19.2 Å². The third-order valence-electron chi connectivity index (χ3n) is 5.25. The second-order valence-electron chi connectivity index (χ2n) is 7.31. The summed E-state index contributed by atoms with van der Waals surface area (Å²) in [5.41, 5.74) is 0.552. The molecular weight excluding hydrogens is 388 g/mol. The summed E-state index contributed by atoms with van der Waals surface area (Å²) in [5.74, 6) is -1.53. The molecule has 8 heteroatoms. The average Bonchev–Trinajstić information content (AvgIpc) is 2.98. The Morgan fingerprint density at radius 1 is 1.10 bits per heavy atom. The molecule has 3 rings (SSSR count). The van der Waals surface area contributed by atoms with Crippen molar-refractivity contribution in [3.63, 3.8) is 0 Å². The fourth-order valence-electron chi connectivity index (χ4n) is 3.65. The topological polar surface area (TPSA) is 102 Å². The SMILES string of the molecule is CCOc1ccc(NC(=O)[C@@H](C)OC(=O)CCN2C(=O)[C@H]3CC=CC[C@H]3C2=O)cc1. The number of carbonyl (C=O) groups excluding carboxylic acids is 4. The molecule has 1 saturated heterocycles. The van der Waals surface area contributed by atoms with Gasteiger partial charge < -0.3 is 14.8 Å². The van der Waals surface area contributed by atoms with Gasteiger partial charge >= 0.3 is 5.97 Å². The van der Waals surface area contributed by atoms with Crippen LogP contribution in [0.25, 0.3) is 0 Å². The van der Waals surface area contributed by atoms with Crippen molar-refractivity contribution >= 4 is 29.4 Å². The van der Waals surface area contributed by atoms with Crippen LogP contribution in [-0.2, 0) is 23.9 Å². The molecule has 0 aromatic heterocycles. The van der Waals surface area contributed by atoms with Crippen molar-refractivity contribution in [2.75, 3.05) is 18.5 Å². The molecule has 1 aromatic carbocycles. The van der Waals surface area contributed by atoms with Gasteiger partial charge in [0.15, 0.2) is 6.10 Å². The Morgan fingerprint density at radius 2 is 1.70 bits per heavy atom. The van der Waals surface area contributed by atoms with E-state index in [1.165, 1.54) is 6.92 Å². The van der Waals surface area contributed by atoms with Crippen LogP contribution in [0.5, 0.6) is 5.75 Å². The van der Waals surface area contributed by atoms with E-state index in [0.29, 0.717) is 30.9 Å². The smallest absolute Gasteiger partial charge is 0.308 e. The van der Waals surface area contributed by atoms with Crippen molar-refractivity contribution < 1.29 is 28.7 Å². The van der Waals surface area contributed by atoms with Crippen LogP contribution in [0.15, 0.2) is 36.4 Å². The Balaban J connectivity index is 1.45. The Labute approximate surface area is 175 Å². The number of likely N-dealkylation sites (tertiary alicyclic amines) is 1. The minimum absolute atomic E-state index is 0.0310. The third kappa shape index (κ3) is 4.87. The first-order valence-corrected chi connectivity index (χ1v) is 10.1. The molecule has 1 heterocycles. The minimum atomic E-state index is -1.01. The number of carbonyl (C=O) groups is 4. The largest absolute Gasteiger partial charge is 0.494 e. The lowest BCUT2D eigenvalue weighted by molar-refractivity contribution is -0.154. The molecule has 0 radical (unpaired) electrons. The molecule has 1 aliphatic heterocycles. The highest BCUT2D eigenvalue weighted by atomic mass is 16.5. The number of allylic oxidation sites excluding steroid dienone is 2. The first-order valence-electron chi connectivity index (χ1n) is 10.1. The van der Waals surface area contributed by atoms with Gasteiger partial charge in [0.05, 0.1) is 24.9 Å². The van der Waals surface area contributed by atoms with Gasteiger partial charge in [-0.2, -0.15) is 0 Å². The summed E-state index contributed by atoms with van der Waals surface area (Å²) < 4.78 is 10.5. The summed E-state index contributed by atoms with van der Waals surface area (Å²) in [6, 6.07) is 6.84. The lowest BCUT2D eigenvalue weighted by Crippen LogP contribution is -2.35. The highest BCUT2D eigenvalue weighted by Gasteiger charge is 2.47. The number of benzene rings is 1. The summed E-state index contributed by atoms with van der Waals surface area (Å²) in [7, 11) is 0. The van der Waals surface area contributed by atoms with Crippen molar-refractivity contribution in [1.82, 2.24) is 4.90 Å². The van der Waals surface area contributed by atoms with Crippen LogP contribution >= 0.6 is 0 Å². The van der Waals surface area contributed by atoms with E-state index in [1.807, 2.05) is 19.1 Å². The van der Waals surface area contributed by atoms with E-state index in [2.05, 4.69) is 5.32 Å². The molecule has 0 bridgehead atoms. The molecule has 0 spiro atoms. The van der Waals surface area contributed by atoms with Gasteiger partial charge in [0.2, 0.25) is 11.8 Å². The van der Waals surface area contributed by atoms with E-state index in [-0.39, 0.29) is 36.6 Å². The zero-order chi connectivity index (χ0) is 21.7. The van der Waals surface area contributed by atoms with Crippen LogP contribution in [0.3, 0.4) is 0 Å². The minimum Gasteiger partial charge on any atom is -0.494 e. The molecule has 8 nitrogen and oxygen atoms in total. The second-order valence-corrected chi connectivity index (χ2v) is 7.31. The van der Waals surface area contributed by atoms with Crippen LogP contribution in [-0.4, -0.2) is 47.8 Å². The first-order chi connectivity index (χ1) is 14.4. The maximum Gasteiger partial charge on any atom is 0.308 e. The molecule has 2 aliphatic rings. The second kappa shape index (κ2) is 9.56. The van der Waals surface area contributed by atoms with E-state index >= 15 is 0 Å². The number of anilines is 1. The van der Waals surface area contributed by atoms with E-state index in [0.717, 1.165) is 4.90 Å². The van der Waals surface area contributed by atoms with Crippen molar-refractivity contribution in [3.8, 4) is 5.75 Å². The number of rotatable bonds is 8. The van der Waals surface area contributed by atoms with Gasteiger partial charge in [0.1, 0.15) is 5.75 Å². The van der Waals surface area contributed by atoms with Gasteiger partial charge in [-0.05, 0) is 51.0 Å². The zero-order valence-corrected chi connectivity index (χ0v) is 17.1. The molecule has 3 atom stereocenters. The number of nitrogens with zero attached hydrogens (tertiary/aromatic N) is 1. The molecule has 1 aliphatic carbocycles. The van der Waals surface area contributed by atoms with Gasteiger partial charge in [-0.15, -0.1) is 0 Å². The van der Waals surface area contributed by atoms with Crippen LogP contribution in [0.2, 0.25) is 0 Å². The fraction of sp³-hybridized carbons (Fsp3) is 0.455. The molecule has 1 N–H and O–H groups in total. The van der Waals surface area contributed by atoms with Gasteiger partial charge in [0, 0.05) is 12.2 Å². The Kier molecular flexibility index (Phi) is 6.87. The van der Waals surface area contributed by atoms with Crippen molar-refractivity contribution in [2.45, 2.75) is 39.2 Å². The molecule has 1 aromatic rings. The molecule has 30 heavy (non-hydrogen) atoms. The Bertz CT molecular complexity index is 822. The Morgan fingerprint density at radius 3 is 2.27 bits per heavy atom. The van der Waals surface area contributed by atoms with Gasteiger partial charge in [-0.3, -0.25) is 24.1 Å². The van der Waals surface area contributed by atoms with E-state index in [4.69, 9.17) is 9.47 Å². The zero-order valence-electron chi connectivity index (χ0n) is 17.1. The molecule has 160 valence electrons. The maximum atomic E-state index is 12.4. The van der Waals surface area contributed by atoms with Crippen LogP contribution < -0.4 is 10.1 Å². The normalized spacial score (nSPS) is 21.2. The summed E-state index contributed by atoms with van der Waals surface area (Å²) in [4.78, 5) is 50.3. The molecular formula is C22H26N2O6.